The Morgan fingerprint density at radius 1 is 1.38 bits per heavy atom. The van der Waals surface area contributed by atoms with E-state index in [1.54, 1.807) is 25.3 Å². The lowest BCUT2D eigenvalue weighted by Gasteiger charge is -2.37. The molecule has 1 aromatic rings. The molecule has 5 nitrogen and oxygen atoms in total. The van der Waals surface area contributed by atoms with Crippen molar-refractivity contribution in [3.05, 3.63) is 29.3 Å². The van der Waals surface area contributed by atoms with Crippen LogP contribution in [0.4, 0.5) is 0 Å². The Morgan fingerprint density at radius 2 is 2.24 bits per heavy atom. The Morgan fingerprint density at radius 3 is 3.00 bits per heavy atom. The SMILES string of the molecule is COc1ccc(C(=O)O)cc1CN1CCN2CCCC2C1. The molecule has 1 atom stereocenters. The number of ether oxygens (including phenoxy) is 1. The monoisotopic (exact) mass is 290 g/mol. The van der Waals surface area contributed by atoms with E-state index in [2.05, 4.69) is 9.80 Å². The summed E-state index contributed by atoms with van der Waals surface area (Å²) >= 11 is 0. The highest BCUT2D eigenvalue weighted by Gasteiger charge is 2.30. The average molecular weight is 290 g/mol. The number of carboxylic acid groups (broad SMARTS) is 1. The molecule has 2 aliphatic heterocycles. The fraction of sp³-hybridized carbons (Fsp3) is 0.562. The molecule has 21 heavy (non-hydrogen) atoms. The van der Waals surface area contributed by atoms with Gasteiger partial charge in [-0.3, -0.25) is 9.80 Å². The molecule has 114 valence electrons. The number of carbonyl (C=O) groups is 1. The van der Waals surface area contributed by atoms with Gasteiger partial charge in [0.1, 0.15) is 5.75 Å². The van der Waals surface area contributed by atoms with Crippen LogP contribution in [0.1, 0.15) is 28.8 Å². The average Bonchev–Trinajstić information content (AvgIpc) is 2.94. The maximum Gasteiger partial charge on any atom is 0.335 e. The van der Waals surface area contributed by atoms with E-state index < -0.39 is 5.97 Å². The smallest absolute Gasteiger partial charge is 0.335 e. The highest BCUT2D eigenvalue weighted by atomic mass is 16.5. The Balaban J connectivity index is 1.74. The molecular formula is C16H22N2O3. The van der Waals surface area contributed by atoms with Gasteiger partial charge in [-0.2, -0.15) is 0 Å². The van der Waals surface area contributed by atoms with Crippen molar-refractivity contribution in [1.82, 2.24) is 9.80 Å². The predicted octanol–water partition coefficient (Wildman–Crippen LogP) is 1.67. The highest BCUT2D eigenvalue weighted by molar-refractivity contribution is 5.88. The molecule has 0 saturated carbocycles. The van der Waals surface area contributed by atoms with E-state index in [1.165, 1.54) is 19.4 Å². The first-order chi connectivity index (χ1) is 10.2. The van der Waals surface area contributed by atoms with Crippen molar-refractivity contribution in [3.63, 3.8) is 0 Å². The molecule has 3 rings (SSSR count). The quantitative estimate of drug-likeness (QED) is 0.914. The van der Waals surface area contributed by atoms with E-state index in [1.807, 2.05) is 0 Å². The number of rotatable bonds is 4. The van der Waals surface area contributed by atoms with E-state index in [-0.39, 0.29) is 0 Å². The van der Waals surface area contributed by atoms with Gasteiger partial charge >= 0.3 is 5.97 Å². The number of benzene rings is 1. The topological polar surface area (TPSA) is 53.0 Å². The lowest BCUT2D eigenvalue weighted by Crippen LogP contribution is -2.49. The van der Waals surface area contributed by atoms with Crippen LogP contribution in [0.15, 0.2) is 18.2 Å². The molecule has 0 radical (unpaired) electrons. The maximum absolute atomic E-state index is 11.1. The first-order valence-corrected chi connectivity index (χ1v) is 7.54. The minimum absolute atomic E-state index is 0.324. The molecule has 1 N–H and O–H groups in total. The van der Waals surface area contributed by atoms with Crippen molar-refractivity contribution in [2.24, 2.45) is 0 Å². The third-order valence-electron chi connectivity index (χ3n) is 4.59. The molecule has 2 fully saturated rings. The standard InChI is InChI=1S/C16H22N2O3/c1-21-15-5-4-12(16(19)20)9-13(15)10-17-7-8-18-6-2-3-14(18)11-17/h4-5,9,14H,2-3,6-8,10-11H2,1H3,(H,19,20). The molecular weight excluding hydrogens is 268 g/mol. The van der Waals surface area contributed by atoms with Crippen LogP contribution in [-0.4, -0.2) is 60.2 Å². The normalized spacial score (nSPS) is 23.0. The lowest BCUT2D eigenvalue weighted by atomic mass is 10.1. The van der Waals surface area contributed by atoms with Crippen molar-refractivity contribution in [2.75, 3.05) is 33.3 Å². The summed E-state index contributed by atoms with van der Waals surface area (Å²) in [6, 6.07) is 5.76. The van der Waals surface area contributed by atoms with Gasteiger partial charge in [-0.15, -0.1) is 0 Å². The fourth-order valence-electron chi connectivity index (χ4n) is 3.48. The second-order valence-electron chi connectivity index (χ2n) is 5.90. The van der Waals surface area contributed by atoms with Crippen LogP contribution in [0.5, 0.6) is 5.75 Å². The summed E-state index contributed by atoms with van der Waals surface area (Å²) in [6.07, 6.45) is 2.58. The molecule has 0 bridgehead atoms. The molecule has 0 amide bonds. The first kappa shape index (κ1) is 14.4. The van der Waals surface area contributed by atoms with Crippen LogP contribution in [0.3, 0.4) is 0 Å². The van der Waals surface area contributed by atoms with E-state index in [4.69, 9.17) is 9.84 Å². The maximum atomic E-state index is 11.1. The van der Waals surface area contributed by atoms with Gasteiger partial charge in [0.15, 0.2) is 0 Å². The predicted molar refractivity (Wildman–Crippen MR) is 79.8 cm³/mol. The zero-order valence-electron chi connectivity index (χ0n) is 12.4. The van der Waals surface area contributed by atoms with Gasteiger partial charge in [-0.25, -0.2) is 4.79 Å². The van der Waals surface area contributed by atoms with Crippen LogP contribution < -0.4 is 4.74 Å². The summed E-state index contributed by atoms with van der Waals surface area (Å²) in [5, 5.41) is 9.14. The van der Waals surface area contributed by atoms with Crippen LogP contribution in [0.2, 0.25) is 0 Å². The molecule has 1 aromatic carbocycles. The molecule has 0 spiro atoms. The number of methoxy groups -OCH3 is 1. The van der Waals surface area contributed by atoms with Crippen LogP contribution in [-0.2, 0) is 6.54 Å². The minimum atomic E-state index is -0.889. The number of carboxylic acids is 1. The minimum Gasteiger partial charge on any atom is -0.496 e. The third-order valence-corrected chi connectivity index (χ3v) is 4.59. The van der Waals surface area contributed by atoms with Gasteiger partial charge in [0, 0.05) is 37.8 Å². The van der Waals surface area contributed by atoms with Crippen molar-refractivity contribution in [3.8, 4) is 5.75 Å². The third kappa shape index (κ3) is 3.04. The molecule has 2 heterocycles. The number of nitrogens with zero attached hydrogens (tertiary/aromatic N) is 2. The van der Waals surface area contributed by atoms with E-state index in [0.717, 1.165) is 37.5 Å². The molecule has 2 saturated heterocycles. The van der Waals surface area contributed by atoms with Gasteiger partial charge in [-0.05, 0) is 37.6 Å². The molecule has 0 aromatic heterocycles. The molecule has 2 aliphatic rings. The lowest BCUT2D eigenvalue weighted by molar-refractivity contribution is 0.0696. The highest BCUT2D eigenvalue weighted by Crippen LogP contribution is 2.26. The molecule has 0 aliphatic carbocycles. The number of fused-ring (bicyclic) bond motifs is 1. The van der Waals surface area contributed by atoms with Gasteiger partial charge in [0.25, 0.3) is 0 Å². The Bertz CT molecular complexity index is 532. The summed E-state index contributed by atoms with van der Waals surface area (Å²) in [5.74, 6) is -0.117. The Labute approximate surface area is 125 Å². The van der Waals surface area contributed by atoms with Crippen molar-refractivity contribution < 1.29 is 14.6 Å². The van der Waals surface area contributed by atoms with E-state index in [0.29, 0.717) is 11.6 Å². The Hall–Kier alpha value is -1.59. The summed E-state index contributed by atoms with van der Waals surface area (Å²) in [5.41, 5.74) is 1.29. The van der Waals surface area contributed by atoms with Crippen molar-refractivity contribution in [2.45, 2.75) is 25.4 Å². The first-order valence-electron chi connectivity index (χ1n) is 7.54. The molecule has 1 unspecified atom stereocenters. The van der Waals surface area contributed by atoms with Crippen molar-refractivity contribution >= 4 is 5.97 Å². The summed E-state index contributed by atoms with van der Waals surface area (Å²) in [7, 11) is 1.63. The second kappa shape index (κ2) is 6.03. The number of aromatic carboxylic acids is 1. The van der Waals surface area contributed by atoms with Gasteiger partial charge in [-0.1, -0.05) is 0 Å². The summed E-state index contributed by atoms with van der Waals surface area (Å²) in [6.45, 7) is 5.22. The second-order valence-corrected chi connectivity index (χ2v) is 5.90. The van der Waals surface area contributed by atoms with E-state index >= 15 is 0 Å². The van der Waals surface area contributed by atoms with Gasteiger partial charge in [0.2, 0.25) is 0 Å². The van der Waals surface area contributed by atoms with Crippen LogP contribution in [0, 0.1) is 0 Å². The largest absolute Gasteiger partial charge is 0.496 e. The summed E-state index contributed by atoms with van der Waals surface area (Å²) in [4.78, 5) is 16.1. The number of piperazine rings is 1. The zero-order chi connectivity index (χ0) is 14.8. The number of hydrogen-bond acceptors (Lipinski definition) is 4. The molecule has 5 heteroatoms. The van der Waals surface area contributed by atoms with Crippen molar-refractivity contribution in [1.29, 1.82) is 0 Å². The van der Waals surface area contributed by atoms with Crippen LogP contribution in [0.25, 0.3) is 0 Å². The van der Waals surface area contributed by atoms with E-state index in [9.17, 15) is 4.79 Å². The number of hydrogen-bond donors (Lipinski definition) is 1. The van der Waals surface area contributed by atoms with Gasteiger partial charge in [0.05, 0.1) is 12.7 Å². The summed E-state index contributed by atoms with van der Waals surface area (Å²) < 4.78 is 5.38. The van der Waals surface area contributed by atoms with Gasteiger partial charge < -0.3 is 9.84 Å². The zero-order valence-corrected chi connectivity index (χ0v) is 12.4. The fourth-order valence-corrected chi connectivity index (χ4v) is 3.48. The Kier molecular flexibility index (Phi) is 4.12. The van der Waals surface area contributed by atoms with Crippen LogP contribution >= 0.6 is 0 Å².